The fourth-order valence-electron chi connectivity index (χ4n) is 1.47. The van der Waals surface area contributed by atoms with Gasteiger partial charge < -0.3 is 9.66 Å². The van der Waals surface area contributed by atoms with E-state index in [2.05, 4.69) is 0 Å². The van der Waals surface area contributed by atoms with Crippen LogP contribution in [-0.2, 0) is 11.1 Å². The first-order valence-corrected chi connectivity index (χ1v) is 5.78. The molecule has 0 radical (unpaired) electrons. The highest BCUT2D eigenvalue weighted by molar-refractivity contribution is 7.79. The van der Waals surface area contributed by atoms with E-state index < -0.39 is 11.1 Å². The third kappa shape index (κ3) is 2.13. The van der Waals surface area contributed by atoms with Crippen LogP contribution in [0.25, 0.3) is 11.1 Å². The minimum Gasteiger partial charge on any atom is -0.507 e. The molecule has 0 spiro atoms. The van der Waals surface area contributed by atoms with Crippen molar-refractivity contribution in [3.05, 3.63) is 48.5 Å². The van der Waals surface area contributed by atoms with Crippen LogP contribution in [0.1, 0.15) is 0 Å². The van der Waals surface area contributed by atoms with E-state index in [4.69, 9.17) is 4.55 Å². The molecule has 0 fully saturated rings. The lowest BCUT2D eigenvalue weighted by Crippen LogP contribution is -1.89. The Bertz CT molecular complexity index is 523. The van der Waals surface area contributed by atoms with Gasteiger partial charge in [0.25, 0.3) is 0 Å². The maximum absolute atomic E-state index is 10.9. The number of phenols is 1. The number of phenolic OH excluding ortho intramolecular Hbond substituents is 1. The van der Waals surface area contributed by atoms with Crippen LogP contribution in [0.15, 0.2) is 53.4 Å². The Labute approximate surface area is 95.7 Å². The Morgan fingerprint density at radius 1 is 1.00 bits per heavy atom. The maximum atomic E-state index is 10.9. The van der Waals surface area contributed by atoms with Gasteiger partial charge in [-0.1, -0.05) is 30.3 Å². The molecule has 0 bridgehead atoms. The van der Waals surface area contributed by atoms with E-state index in [1.54, 1.807) is 0 Å². The fraction of sp³-hybridized carbons (Fsp3) is 0. The van der Waals surface area contributed by atoms with Crippen molar-refractivity contribution in [2.75, 3.05) is 0 Å². The third-order valence-corrected chi connectivity index (χ3v) is 2.91. The van der Waals surface area contributed by atoms with E-state index in [0.717, 1.165) is 5.56 Å². The molecule has 4 heteroatoms. The first kappa shape index (κ1) is 10.9. The van der Waals surface area contributed by atoms with Gasteiger partial charge in [-0.2, -0.15) is 0 Å². The second-order valence-corrected chi connectivity index (χ2v) is 4.26. The molecule has 82 valence electrons. The quantitative estimate of drug-likeness (QED) is 0.785. The highest BCUT2D eigenvalue weighted by atomic mass is 32.2. The van der Waals surface area contributed by atoms with Gasteiger partial charge in [-0.3, -0.25) is 0 Å². The molecule has 0 amide bonds. The Hall–Kier alpha value is -1.65. The zero-order valence-corrected chi connectivity index (χ0v) is 9.15. The van der Waals surface area contributed by atoms with E-state index in [1.807, 2.05) is 30.3 Å². The lowest BCUT2D eigenvalue weighted by Gasteiger charge is -2.05. The summed E-state index contributed by atoms with van der Waals surface area (Å²) in [4.78, 5) is 0.275. The summed E-state index contributed by atoms with van der Waals surface area (Å²) >= 11 is -2.03. The molecule has 0 aromatic heterocycles. The Morgan fingerprint density at radius 3 is 2.31 bits per heavy atom. The van der Waals surface area contributed by atoms with Crippen LogP contribution in [0.5, 0.6) is 5.75 Å². The Morgan fingerprint density at radius 2 is 1.69 bits per heavy atom. The molecule has 1 unspecified atom stereocenters. The van der Waals surface area contributed by atoms with E-state index in [0.29, 0.717) is 5.56 Å². The summed E-state index contributed by atoms with van der Waals surface area (Å²) in [5.41, 5.74) is 1.37. The van der Waals surface area contributed by atoms with Crippen molar-refractivity contribution in [2.24, 2.45) is 0 Å². The normalized spacial score (nSPS) is 12.3. The molecule has 0 aliphatic heterocycles. The highest BCUT2D eigenvalue weighted by Crippen LogP contribution is 2.30. The molecule has 0 aliphatic rings. The first-order valence-electron chi connectivity index (χ1n) is 4.68. The van der Waals surface area contributed by atoms with E-state index >= 15 is 0 Å². The average Bonchev–Trinajstić information content (AvgIpc) is 2.30. The first-order chi connectivity index (χ1) is 7.68. The molecule has 2 N–H and O–H groups in total. The third-order valence-electron chi connectivity index (χ3n) is 2.25. The second kappa shape index (κ2) is 4.47. The Kier molecular flexibility index (Phi) is 3.03. The summed E-state index contributed by atoms with van der Waals surface area (Å²) in [5, 5.41) is 9.69. The SMILES string of the molecule is O=S(O)c1ccc(O)c(-c2ccccc2)c1. The summed E-state index contributed by atoms with van der Waals surface area (Å²) in [5.74, 6) is 0.0976. The lowest BCUT2D eigenvalue weighted by atomic mass is 10.1. The minimum absolute atomic E-state index is 0.0976. The van der Waals surface area contributed by atoms with Crippen LogP contribution in [0.2, 0.25) is 0 Å². The van der Waals surface area contributed by atoms with Crippen molar-refractivity contribution in [2.45, 2.75) is 4.90 Å². The van der Waals surface area contributed by atoms with Crippen molar-refractivity contribution in [1.29, 1.82) is 0 Å². The van der Waals surface area contributed by atoms with Gasteiger partial charge >= 0.3 is 0 Å². The highest BCUT2D eigenvalue weighted by Gasteiger charge is 2.07. The van der Waals surface area contributed by atoms with Crippen molar-refractivity contribution in [3.8, 4) is 16.9 Å². The predicted molar refractivity (Wildman–Crippen MR) is 62.6 cm³/mol. The maximum Gasteiger partial charge on any atom is 0.186 e. The van der Waals surface area contributed by atoms with E-state index in [1.165, 1.54) is 18.2 Å². The molecule has 0 saturated carbocycles. The second-order valence-electron chi connectivity index (χ2n) is 3.29. The number of benzene rings is 2. The van der Waals surface area contributed by atoms with E-state index in [-0.39, 0.29) is 10.6 Å². The molecule has 2 aromatic carbocycles. The van der Waals surface area contributed by atoms with E-state index in [9.17, 15) is 9.32 Å². The molecule has 1 atom stereocenters. The van der Waals surface area contributed by atoms with Gasteiger partial charge in [-0.05, 0) is 23.8 Å². The van der Waals surface area contributed by atoms with Gasteiger partial charge in [0.2, 0.25) is 0 Å². The number of rotatable bonds is 2. The summed E-state index contributed by atoms with van der Waals surface area (Å²) in [7, 11) is 0. The summed E-state index contributed by atoms with van der Waals surface area (Å²) in [6.45, 7) is 0. The zero-order chi connectivity index (χ0) is 11.5. The van der Waals surface area contributed by atoms with Gasteiger partial charge in [0.05, 0.1) is 4.90 Å². The van der Waals surface area contributed by atoms with Crippen molar-refractivity contribution >= 4 is 11.1 Å². The molecular formula is C12H10O3S. The molecule has 3 nitrogen and oxygen atoms in total. The molecular weight excluding hydrogens is 224 g/mol. The van der Waals surface area contributed by atoms with Crippen LogP contribution >= 0.6 is 0 Å². The van der Waals surface area contributed by atoms with Gasteiger partial charge in [-0.25, -0.2) is 4.21 Å². The molecule has 0 saturated heterocycles. The van der Waals surface area contributed by atoms with Crippen LogP contribution in [-0.4, -0.2) is 13.9 Å². The van der Waals surface area contributed by atoms with Gasteiger partial charge in [0.15, 0.2) is 11.1 Å². The molecule has 0 aliphatic carbocycles. The summed E-state index contributed by atoms with van der Waals surface area (Å²) in [6, 6.07) is 13.6. The van der Waals surface area contributed by atoms with Gasteiger partial charge in [0, 0.05) is 5.56 Å². The average molecular weight is 234 g/mol. The van der Waals surface area contributed by atoms with Gasteiger partial charge in [0.1, 0.15) is 5.75 Å². The van der Waals surface area contributed by atoms with Crippen LogP contribution in [0.4, 0.5) is 0 Å². The van der Waals surface area contributed by atoms with Crippen molar-refractivity contribution in [1.82, 2.24) is 0 Å². The fourth-order valence-corrected chi connectivity index (χ4v) is 1.88. The Balaban J connectivity index is 2.56. The molecule has 2 rings (SSSR count). The van der Waals surface area contributed by atoms with Crippen molar-refractivity contribution < 1.29 is 13.9 Å². The number of hydrogen-bond acceptors (Lipinski definition) is 2. The van der Waals surface area contributed by atoms with Crippen LogP contribution in [0.3, 0.4) is 0 Å². The van der Waals surface area contributed by atoms with Gasteiger partial charge in [-0.15, -0.1) is 0 Å². The van der Waals surface area contributed by atoms with Crippen LogP contribution < -0.4 is 0 Å². The minimum atomic E-state index is -2.03. The monoisotopic (exact) mass is 234 g/mol. The van der Waals surface area contributed by atoms with Crippen molar-refractivity contribution in [3.63, 3.8) is 0 Å². The topological polar surface area (TPSA) is 57.5 Å². The smallest absolute Gasteiger partial charge is 0.186 e. The summed E-state index contributed by atoms with van der Waals surface area (Å²) < 4.78 is 19.9. The zero-order valence-electron chi connectivity index (χ0n) is 8.33. The molecule has 0 heterocycles. The number of hydrogen-bond donors (Lipinski definition) is 2. The largest absolute Gasteiger partial charge is 0.507 e. The lowest BCUT2D eigenvalue weighted by molar-refractivity contribution is 0.476. The number of aromatic hydroxyl groups is 1. The summed E-state index contributed by atoms with van der Waals surface area (Å²) in [6.07, 6.45) is 0. The standard InChI is InChI=1S/C12H10O3S/c13-12-7-6-10(16(14)15)8-11(12)9-4-2-1-3-5-9/h1-8,13H,(H,14,15). The predicted octanol–water partition coefficient (Wildman–Crippen LogP) is 2.64. The molecule has 2 aromatic rings. The van der Waals surface area contributed by atoms with Crippen LogP contribution in [0, 0.1) is 0 Å². The molecule has 16 heavy (non-hydrogen) atoms.